The summed E-state index contributed by atoms with van der Waals surface area (Å²) in [7, 11) is 0. The van der Waals surface area contributed by atoms with Gasteiger partial charge in [-0.05, 0) is 38.3 Å². The van der Waals surface area contributed by atoms with Crippen LogP contribution in [0.4, 0.5) is 9.59 Å². The molecular formula is C24H28N4O4. The van der Waals surface area contributed by atoms with Gasteiger partial charge in [-0.3, -0.25) is 4.90 Å². The third-order valence-electron chi connectivity index (χ3n) is 5.27. The molecule has 0 saturated heterocycles. The van der Waals surface area contributed by atoms with Gasteiger partial charge < -0.3 is 14.4 Å². The molecule has 0 unspecified atom stereocenters. The lowest BCUT2D eigenvalue weighted by Crippen LogP contribution is -2.35. The predicted molar refractivity (Wildman–Crippen MR) is 118 cm³/mol. The van der Waals surface area contributed by atoms with E-state index < -0.39 is 5.60 Å². The molecule has 3 heterocycles. The van der Waals surface area contributed by atoms with Crippen LogP contribution in [-0.2, 0) is 29.2 Å². The smallest absolute Gasteiger partial charge is 0.410 e. The summed E-state index contributed by atoms with van der Waals surface area (Å²) in [4.78, 5) is 37.2. The second-order valence-corrected chi connectivity index (χ2v) is 8.97. The number of benzene rings is 1. The van der Waals surface area contributed by atoms with Gasteiger partial charge in [0.15, 0.2) is 5.82 Å². The van der Waals surface area contributed by atoms with E-state index >= 15 is 0 Å². The van der Waals surface area contributed by atoms with E-state index in [2.05, 4.69) is 9.97 Å². The number of hydrogen-bond acceptors (Lipinski definition) is 6. The first kappa shape index (κ1) is 21.8. The predicted octanol–water partition coefficient (Wildman–Crippen LogP) is 4.15. The molecular weight excluding hydrogens is 408 g/mol. The van der Waals surface area contributed by atoms with Crippen molar-refractivity contribution in [2.75, 3.05) is 13.1 Å². The summed E-state index contributed by atoms with van der Waals surface area (Å²) >= 11 is 0. The van der Waals surface area contributed by atoms with Crippen LogP contribution in [0, 0.1) is 0 Å². The number of rotatable bonds is 3. The molecule has 0 aliphatic carbocycles. The largest absolute Gasteiger partial charge is 0.445 e. The van der Waals surface area contributed by atoms with Gasteiger partial charge in [0, 0.05) is 24.8 Å². The summed E-state index contributed by atoms with van der Waals surface area (Å²) in [5, 5.41) is 0. The third-order valence-corrected chi connectivity index (χ3v) is 5.27. The van der Waals surface area contributed by atoms with E-state index in [4.69, 9.17) is 9.47 Å². The summed E-state index contributed by atoms with van der Waals surface area (Å²) in [5.74, 6) is 0.645. The van der Waals surface area contributed by atoms with E-state index in [1.54, 1.807) is 16.0 Å². The van der Waals surface area contributed by atoms with Gasteiger partial charge in [-0.25, -0.2) is 19.6 Å². The number of nitrogens with zero attached hydrogens (tertiary/aromatic N) is 4. The lowest BCUT2D eigenvalue weighted by molar-refractivity contribution is 0.0240. The summed E-state index contributed by atoms with van der Waals surface area (Å²) in [6, 6.07) is 9.62. The molecule has 1 aromatic carbocycles. The number of amides is 2. The van der Waals surface area contributed by atoms with Crippen LogP contribution < -0.4 is 0 Å². The average molecular weight is 437 g/mol. The highest BCUT2D eigenvalue weighted by atomic mass is 16.6. The maximum Gasteiger partial charge on any atom is 0.410 e. The van der Waals surface area contributed by atoms with Crippen molar-refractivity contribution < 1.29 is 19.1 Å². The maximum atomic E-state index is 12.4. The van der Waals surface area contributed by atoms with E-state index in [1.807, 2.05) is 57.2 Å². The van der Waals surface area contributed by atoms with E-state index in [9.17, 15) is 9.59 Å². The monoisotopic (exact) mass is 436 g/mol. The zero-order valence-corrected chi connectivity index (χ0v) is 18.7. The lowest BCUT2D eigenvalue weighted by Gasteiger charge is -2.25. The van der Waals surface area contributed by atoms with Gasteiger partial charge in [-0.2, -0.15) is 0 Å². The van der Waals surface area contributed by atoms with Gasteiger partial charge in [0.05, 0.1) is 18.8 Å². The molecule has 2 aliphatic heterocycles. The van der Waals surface area contributed by atoms with E-state index in [-0.39, 0.29) is 18.8 Å². The van der Waals surface area contributed by atoms with E-state index in [1.165, 1.54) is 0 Å². The summed E-state index contributed by atoms with van der Waals surface area (Å²) in [6.07, 6.45) is 3.72. The molecule has 0 atom stereocenters. The molecule has 2 aromatic rings. The fraction of sp³-hybridized carbons (Fsp3) is 0.417. The van der Waals surface area contributed by atoms with Crippen LogP contribution >= 0.6 is 0 Å². The average Bonchev–Trinajstić information content (AvgIpc) is 3.21. The first-order valence-electron chi connectivity index (χ1n) is 10.8. The van der Waals surface area contributed by atoms with Gasteiger partial charge in [-0.15, -0.1) is 0 Å². The SMILES string of the molecule is CC(C)(C)OC(=O)N1Cc2cnc(C3=CCN(C(=O)OCc4ccccc4)CC3)nc2C1. The van der Waals surface area contributed by atoms with Gasteiger partial charge in [-0.1, -0.05) is 36.4 Å². The third kappa shape index (κ3) is 5.25. The molecule has 0 bridgehead atoms. The molecule has 8 nitrogen and oxygen atoms in total. The minimum Gasteiger partial charge on any atom is -0.445 e. The topological polar surface area (TPSA) is 84.9 Å². The van der Waals surface area contributed by atoms with Crippen LogP contribution in [0.5, 0.6) is 0 Å². The number of fused-ring (bicyclic) bond motifs is 1. The first-order valence-corrected chi connectivity index (χ1v) is 10.8. The van der Waals surface area contributed by atoms with Crippen molar-refractivity contribution in [2.24, 2.45) is 0 Å². The summed E-state index contributed by atoms with van der Waals surface area (Å²) in [6.45, 7) is 7.66. The number of aromatic nitrogens is 2. The number of ether oxygens (including phenoxy) is 2. The van der Waals surface area contributed by atoms with Crippen molar-refractivity contribution in [2.45, 2.75) is 52.5 Å². The number of carbonyl (C=O) groups is 2. The first-order chi connectivity index (χ1) is 15.3. The lowest BCUT2D eigenvalue weighted by atomic mass is 10.1. The quantitative estimate of drug-likeness (QED) is 0.719. The Bertz CT molecular complexity index is 1030. The molecule has 2 aliphatic rings. The van der Waals surface area contributed by atoms with Crippen LogP contribution in [0.3, 0.4) is 0 Å². The van der Waals surface area contributed by atoms with Crippen molar-refractivity contribution >= 4 is 17.8 Å². The molecule has 1 aromatic heterocycles. The Balaban J connectivity index is 1.34. The minimum absolute atomic E-state index is 0.259. The van der Waals surface area contributed by atoms with Gasteiger partial charge in [0.2, 0.25) is 0 Å². The molecule has 32 heavy (non-hydrogen) atoms. The van der Waals surface area contributed by atoms with Crippen LogP contribution in [0.1, 0.15) is 49.8 Å². The van der Waals surface area contributed by atoms with Crippen molar-refractivity contribution in [3.05, 3.63) is 65.2 Å². The van der Waals surface area contributed by atoms with Crippen LogP contribution in [0.2, 0.25) is 0 Å². The van der Waals surface area contributed by atoms with Crippen molar-refractivity contribution in [3.63, 3.8) is 0 Å². The highest BCUT2D eigenvalue weighted by Gasteiger charge is 2.29. The molecule has 0 radical (unpaired) electrons. The summed E-state index contributed by atoms with van der Waals surface area (Å²) in [5.41, 5.74) is 3.19. The Labute approximate surface area is 187 Å². The zero-order chi connectivity index (χ0) is 22.7. The molecule has 8 heteroatoms. The molecule has 4 rings (SSSR count). The fourth-order valence-corrected chi connectivity index (χ4v) is 3.61. The molecule has 0 fully saturated rings. The second-order valence-electron chi connectivity index (χ2n) is 8.97. The van der Waals surface area contributed by atoms with Crippen molar-refractivity contribution in [3.8, 4) is 0 Å². The van der Waals surface area contributed by atoms with E-state index in [0.717, 1.165) is 22.4 Å². The maximum absolute atomic E-state index is 12.4. The highest BCUT2D eigenvalue weighted by Crippen LogP contribution is 2.26. The molecule has 0 saturated carbocycles. The Morgan fingerprint density at radius 3 is 2.53 bits per heavy atom. The Kier molecular flexibility index (Phi) is 6.12. The second kappa shape index (κ2) is 8.98. The normalized spacial score (nSPS) is 15.8. The Morgan fingerprint density at radius 2 is 1.84 bits per heavy atom. The minimum atomic E-state index is -0.538. The Morgan fingerprint density at radius 1 is 1.06 bits per heavy atom. The standard InChI is InChI=1S/C24H28N4O4/c1-24(2,3)32-23(30)28-14-19-13-25-21(26-20(19)15-28)18-9-11-27(12-10-18)22(29)31-16-17-7-5-4-6-8-17/h4-9,13H,10-12,14-16H2,1-3H3. The molecule has 0 N–H and O–H groups in total. The summed E-state index contributed by atoms with van der Waals surface area (Å²) < 4.78 is 10.9. The van der Waals surface area contributed by atoms with Crippen molar-refractivity contribution in [1.29, 1.82) is 0 Å². The number of carbonyl (C=O) groups excluding carboxylic acids is 2. The molecule has 168 valence electrons. The zero-order valence-electron chi connectivity index (χ0n) is 18.7. The van der Waals surface area contributed by atoms with Gasteiger partial charge >= 0.3 is 12.2 Å². The highest BCUT2D eigenvalue weighted by molar-refractivity contribution is 5.71. The van der Waals surface area contributed by atoms with Crippen LogP contribution in [0.15, 0.2) is 42.6 Å². The number of hydrogen-bond donors (Lipinski definition) is 0. The fourth-order valence-electron chi connectivity index (χ4n) is 3.61. The van der Waals surface area contributed by atoms with Crippen LogP contribution in [-0.4, -0.2) is 50.6 Å². The van der Waals surface area contributed by atoms with Crippen LogP contribution in [0.25, 0.3) is 5.57 Å². The molecule has 2 amide bonds. The Hall–Kier alpha value is -3.42. The van der Waals surface area contributed by atoms with Crippen molar-refractivity contribution in [1.82, 2.24) is 19.8 Å². The van der Waals surface area contributed by atoms with E-state index in [0.29, 0.717) is 38.4 Å². The van der Waals surface area contributed by atoms with Gasteiger partial charge in [0.1, 0.15) is 12.2 Å². The molecule has 0 spiro atoms. The van der Waals surface area contributed by atoms with Gasteiger partial charge in [0.25, 0.3) is 0 Å².